The first-order valence-electron chi connectivity index (χ1n) is 6.38. The van der Waals surface area contributed by atoms with E-state index in [0.29, 0.717) is 23.7 Å². The van der Waals surface area contributed by atoms with Crippen LogP contribution in [0.4, 0.5) is 5.13 Å². The lowest BCUT2D eigenvalue weighted by atomic mass is 10.2. The van der Waals surface area contributed by atoms with Crippen molar-refractivity contribution in [3.63, 3.8) is 0 Å². The van der Waals surface area contributed by atoms with Gasteiger partial charge in [0.15, 0.2) is 5.13 Å². The average Bonchev–Trinajstić information content (AvgIpc) is 2.93. The summed E-state index contributed by atoms with van der Waals surface area (Å²) in [5.74, 6) is -0.479. The maximum atomic E-state index is 11.8. The molecule has 0 aromatic carbocycles. The second-order valence-corrected chi connectivity index (χ2v) is 5.12. The molecule has 110 valence electrons. The van der Waals surface area contributed by atoms with E-state index < -0.39 is 0 Å². The lowest BCUT2D eigenvalue weighted by Gasteiger charge is -2.01. The van der Waals surface area contributed by atoms with Crippen molar-refractivity contribution in [2.24, 2.45) is 0 Å². The van der Waals surface area contributed by atoms with Gasteiger partial charge in [-0.25, -0.2) is 4.98 Å². The molecule has 0 unspecified atom stereocenters. The Labute approximate surface area is 126 Å². The highest BCUT2D eigenvalue weighted by Gasteiger charge is 2.10. The molecule has 7 heteroatoms. The van der Waals surface area contributed by atoms with Crippen molar-refractivity contribution >= 4 is 28.3 Å². The highest BCUT2D eigenvalue weighted by molar-refractivity contribution is 7.13. The monoisotopic (exact) mass is 305 g/mol. The number of carbonyl (C=O) groups is 2. The van der Waals surface area contributed by atoms with E-state index in [0.717, 1.165) is 5.69 Å². The number of aryl methyl sites for hydroxylation is 1. The number of thiazole rings is 1. The van der Waals surface area contributed by atoms with Crippen LogP contribution >= 0.6 is 11.3 Å². The van der Waals surface area contributed by atoms with E-state index in [1.54, 1.807) is 11.6 Å². The Morgan fingerprint density at radius 2 is 2.19 bits per heavy atom. The van der Waals surface area contributed by atoms with E-state index in [-0.39, 0.29) is 18.3 Å². The minimum atomic E-state index is -0.353. The Morgan fingerprint density at radius 1 is 1.33 bits per heavy atom. The fourth-order valence-corrected chi connectivity index (χ4v) is 2.36. The summed E-state index contributed by atoms with van der Waals surface area (Å²) in [6.07, 6.45) is 2.72. The molecule has 0 fully saturated rings. The maximum absolute atomic E-state index is 11.8. The second-order valence-electron chi connectivity index (χ2n) is 4.27. The highest BCUT2D eigenvalue weighted by atomic mass is 32.1. The molecule has 0 spiro atoms. The molecule has 0 radical (unpaired) electrons. The molecule has 0 saturated carbocycles. The van der Waals surface area contributed by atoms with Gasteiger partial charge in [-0.3, -0.25) is 14.6 Å². The molecule has 2 rings (SSSR count). The number of hydrogen-bond donors (Lipinski definition) is 1. The molecule has 1 N–H and O–H groups in total. The number of nitrogens with one attached hydrogen (secondary N) is 1. The number of ether oxygens (including phenoxy) is 1. The van der Waals surface area contributed by atoms with Gasteiger partial charge in [0.25, 0.3) is 0 Å². The van der Waals surface area contributed by atoms with Crippen molar-refractivity contribution < 1.29 is 14.3 Å². The van der Waals surface area contributed by atoms with Gasteiger partial charge in [0.2, 0.25) is 5.91 Å². The fraction of sp³-hybridized carbons (Fsp3) is 0.286. The third-order valence-electron chi connectivity index (χ3n) is 2.69. The molecule has 0 aliphatic heterocycles. The van der Waals surface area contributed by atoms with Crippen molar-refractivity contribution in [3.8, 4) is 0 Å². The zero-order chi connectivity index (χ0) is 15.1. The summed E-state index contributed by atoms with van der Waals surface area (Å²) in [5.41, 5.74) is 1.46. The Morgan fingerprint density at radius 3 is 2.90 bits per heavy atom. The Kier molecular flexibility index (Phi) is 5.39. The molecule has 6 nitrogen and oxygen atoms in total. The van der Waals surface area contributed by atoms with Crippen LogP contribution in [0.1, 0.15) is 17.8 Å². The van der Waals surface area contributed by atoms with Gasteiger partial charge in [-0.15, -0.1) is 11.3 Å². The maximum Gasteiger partial charge on any atom is 0.311 e. The molecular weight excluding hydrogens is 290 g/mol. The van der Waals surface area contributed by atoms with Crippen LogP contribution in [0.5, 0.6) is 0 Å². The third kappa shape index (κ3) is 4.96. The summed E-state index contributed by atoms with van der Waals surface area (Å²) in [6.45, 7) is 0. The zero-order valence-electron chi connectivity index (χ0n) is 11.5. The molecule has 0 aliphatic carbocycles. The van der Waals surface area contributed by atoms with Gasteiger partial charge in [-0.05, 0) is 18.6 Å². The summed E-state index contributed by atoms with van der Waals surface area (Å²) in [7, 11) is 1.33. The largest absolute Gasteiger partial charge is 0.469 e. The van der Waals surface area contributed by atoms with E-state index in [9.17, 15) is 9.59 Å². The molecule has 21 heavy (non-hydrogen) atoms. The summed E-state index contributed by atoms with van der Waals surface area (Å²) in [5, 5.41) is 4.93. The summed E-state index contributed by atoms with van der Waals surface area (Å²) in [6, 6.07) is 5.60. The van der Waals surface area contributed by atoms with Crippen LogP contribution in [-0.2, 0) is 27.2 Å². The van der Waals surface area contributed by atoms with Crippen molar-refractivity contribution in [2.45, 2.75) is 19.3 Å². The number of pyridine rings is 1. The molecular formula is C14H15N3O3S. The predicted octanol–water partition coefficient (Wildman–Crippen LogP) is 1.82. The van der Waals surface area contributed by atoms with Crippen LogP contribution in [-0.4, -0.2) is 29.0 Å². The van der Waals surface area contributed by atoms with Crippen LogP contribution in [0.15, 0.2) is 29.8 Å². The van der Waals surface area contributed by atoms with E-state index in [2.05, 4.69) is 20.0 Å². The Balaban J connectivity index is 1.81. The highest BCUT2D eigenvalue weighted by Crippen LogP contribution is 2.16. The first-order chi connectivity index (χ1) is 10.2. The quantitative estimate of drug-likeness (QED) is 0.823. The zero-order valence-corrected chi connectivity index (χ0v) is 12.4. The number of methoxy groups -OCH3 is 1. The van der Waals surface area contributed by atoms with Gasteiger partial charge in [-0.2, -0.15) is 0 Å². The van der Waals surface area contributed by atoms with Gasteiger partial charge in [0.1, 0.15) is 0 Å². The molecule has 0 bridgehead atoms. The van der Waals surface area contributed by atoms with Gasteiger partial charge in [-0.1, -0.05) is 6.07 Å². The molecule has 0 saturated heterocycles. The third-order valence-corrected chi connectivity index (χ3v) is 3.49. The van der Waals surface area contributed by atoms with E-state index in [1.165, 1.54) is 18.4 Å². The minimum Gasteiger partial charge on any atom is -0.469 e. The number of anilines is 1. The second kappa shape index (κ2) is 7.49. The Bertz CT molecular complexity index is 613. The van der Waals surface area contributed by atoms with Crippen LogP contribution in [0.25, 0.3) is 0 Å². The molecule has 2 aromatic rings. The fourth-order valence-electron chi connectivity index (χ4n) is 1.64. The number of nitrogens with zero attached hydrogens (tertiary/aromatic N) is 2. The van der Waals surface area contributed by atoms with Crippen LogP contribution in [0, 0.1) is 0 Å². The number of rotatable bonds is 6. The lowest BCUT2D eigenvalue weighted by Crippen LogP contribution is -2.12. The van der Waals surface area contributed by atoms with E-state index >= 15 is 0 Å². The standard InChI is InChI=1S/C14H15N3O3S/c1-20-13(19)8-11-9-21-14(16-11)17-12(18)6-5-10-4-2-3-7-15-10/h2-4,7,9H,5-6,8H2,1H3,(H,16,17,18). The number of amides is 1. The SMILES string of the molecule is COC(=O)Cc1csc(NC(=O)CCc2ccccn2)n1. The van der Waals surface area contributed by atoms with Gasteiger partial charge in [0, 0.05) is 23.7 Å². The van der Waals surface area contributed by atoms with Crippen molar-refractivity contribution in [1.82, 2.24) is 9.97 Å². The molecule has 0 aliphatic rings. The summed E-state index contributed by atoms with van der Waals surface area (Å²) < 4.78 is 4.56. The number of aromatic nitrogens is 2. The lowest BCUT2D eigenvalue weighted by molar-refractivity contribution is -0.139. The number of carbonyl (C=O) groups excluding carboxylic acids is 2. The van der Waals surface area contributed by atoms with Crippen molar-refractivity contribution in [1.29, 1.82) is 0 Å². The van der Waals surface area contributed by atoms with Gasteiger partial charge < -0.3 is 10.1 Å². The first-order valence-corrected chi connectivity index (χ1v) is 7.26. The average molecular weight is 305 g/mol. The summed E-state index contributed by atoms with van der Waals surface area (Å²) >= 11 is 1.29. The molecule has 2 heterocycles. The van der Waals surface area contributed by atoms with Crippen LogP contribution in [0.3, 0.4) is 0 Å². The predicted molar refractivity (Wildman–Crippen MR) is 79.0 cm³/mol. The van der Waals surface area contributed by atoms with Crippen molar-refractivity contribution in [2.75, 3.05) is 12.4 Å². The topological polar surface area (TPSA) is 81.2 Å². The molecule has 1 amide bonds. The van der Waals surface area contributed by atoms with Gasteiger partial charge >= 0.3 is 5.97 Å². The van der Waals surface area contributed by atoms with Gasteiger partial charge in [0.05, 0.1) is 19.2 Å². The van der Waals surface area contributed by atoms with Crippen molar-refractivity contribution in [3.05, 3.63) is 41.2 Å². The number of esters is 1. The minimum absolute atomic E-state index is 0.108. The molecule has 2 aromatic heterocycles. The van der Waals surface area contributed by atoms with Crippen LogP contribution in [0.2, 0.25) is 0 Å². The van der Waals surface area contributed by atoms with E-state index in [1.807, 2.05) is 18.2 Å². The Hall–Kier alpha value is -2.28. The van der Waals surface area contributed by atoms with Crippen LogP contribution < -0.4 is 5.32 Å². The number of hydrogen-bond acceptors (Lipinski definition) is 6. The smallest absolute Gasteiger partial charge is 0.311 e. The van der Waals surface area contributed by atoms with E-state index in [4.69, 9.17) is 0 Å². The first kappa shape index (κ1) is 15.1. The normalized spacial score (nSPS) is 10.1. The summed E-state index contributed by atoms with van der Waals surface area (Å²) in [4.78, 5) is 31.3. The molecule has 0 atom stereocenters.